The average molecular weight is 258 g/mol. The first-order valence-corrected chi connectivity index (χ1v) is 5.53. The van der Waals surface area contributed by atoms with Crippen LogP contribution < -0.4 is 11.1 Å². The summed E-state index contributed by atoms with van der Waals surface area (Å²) in [6, 6.07) is 1.85. The Hall–Kier alpha value is -0.770. The van der Waals surface area contributed by atoms with Gasteiger partial charge in [0.05, 0.1) is 5.69 Å². The Bertz CT molecular complexity index is 299. The second-order valence-electron chi connectivity index (χ2n) is 3.70. The van der Waals surface area contributed by atoms with Gasteiger partial charge >= 0.3 is 0 Å². The fraction of sp³-hybridized carbons (Fsp3) is 0.500. The van der Waals surface area contributed by atoms with Crippen molar-refractivity contribution in [3.8, 4) is 0 Å². The molecule has 4 heteroatoms. The van der Waals surface area contributed by atoms with Crippen LogP contribution in [0.4, 0.5) is 11.5 Å². The van der Waals surface area contributed by atoms with Crippen molar-refractivity contribution in [2.75, 3.05) is 17.6 Å². The maximum atomic E-state index is 5.78. The summed E-state index contributed by atoms with van der Waals surface area (Å²) < 4.78 is 0.907. The van der Waals surface area contributed by atoms with Crippen LogP contribution in [0.1, 0.15) is 20.3 Å². The van der Waals surface area contributed by atoms with E-state index in [4.69, 9.17) is 5.73 Å². The lowest BCUT2D eigenvalue weighted by Crippen LogP contribution is -2.08. The fourth-order valence-corrected chi connectivity index (χ4v) is 1.43. The molecule has 1 rings (SSSR count). The number of hydrogen-bond donors (Lipinski definition) is 2. The van der Waals surface area contributed by atoms with E-state index in [1.54, 1.807) is 6.20 Å². The number of nitrogens with zero attached hydrogens (tertiary/aromatic N) is 1. The molecular weight excluding hydrogens is 242 g/mol. The summed E-state index contributed by atoms with van der Waals surface area (Å²) in [6.07, 6.45) is 2.87. The minimum absolute atomic E-state index is 0.683. The standard InChI is InChI=1S/C10H16BrN3/c1-7(2)3-4-13-10-9(12)5-8(11)6-14-10/h5-7H,3-4,12H2,1-2H3,(H,13,14). The number of anilines is 2. The molecule has 0 saturated carbocycles. The van der Waals surface area contributed by atoms with Crippen molar-refractivity contribution in [2.45, 2.75) is 20.3 Å². The lowest BCUT2D eigenvalue weighted by molar-refractivity contribution is 0.607. The highest BCUT2D eigenvalue weighted by Gasteiger charge is 2.00. The smallest absolute Gasteiger partial charge is 0.149 e. The van der Waals surface area contributed by atoms with Crippen LogP contribution in [0, 0.1) is 5.92 Å². The van der Waals surface area contributed by atoms with Crippen molar-refractivity contribution in [2.24, 2.45) is 5.92 Å². The van der Waals surface area contributed by atoms with Gasteiger partial charge in [0.15, 0.2) is 0 Å². The average Bonchev–Trinajstić information content (AvgIpc) is 2.08. The topological polar surface area (TPSA) is 50.9 Å². The van der Waals surface area contributed by atoms with Crippen LogP contribution in [-0.2, 0) is 0 Å². The van der Waals surface area contributed by atoms with Crippen LogP contribution in [0.15, 0.2) is 16.7 Å². The molecule has 0 saturated heterocycles. The van der Waals surface area contributed by atoms with Gasteiger partial charge in [-0.05, 0) is 34.3 Å². The molecule has 0 atom stereocenters. The van der Waals surface area contributed by atoms with Crippen molar-refractivity contribution in [1.29, 1.82) is 0 Å². The summed E-state index contributed by atoms with van der Waals surface area (Å²) in [4.78, 5) is 4.19. The van der Waals surface area contributed by atoms with Crippen molar-refractivity contribution < 1.29 is 0 Å². The number of aromatic nitrogens is 1. The van der Waals surface area contributed by atoms with Crippen LogP contribution in [0.2, 0.25) is 0 Å². The van der Waals surface area contributed by atoms with E-state index in [1.807, 2.05) is 6.07 Å². The molecular formula is C10H16BrN3. The molecule has 0 aliphatic heterocycles. The maximum absolute atomic E-state index is 5.78. The molecule has 0 bridgehead atoms. The third kappa shape index (κ3) is 3.54. The van der Waals surface area contributed by atoms with Crippen LogP contribution in [0.5, 0.6) is 0 Å². The normalized spacial score (nSPS) is 10.6. The molecule has 1 aromatic heterocycles. The lowest BCUT2D eigenvalue weighted by Gasteiger charge is -2.09. The van der Waals surface area contributed by atoms with E-state index in [9.17, 15) is 0 Å². The predicted molar refractivity (Wildman–Crippen MR) is 64.3 cm³/mol. The van der Waals surface area contributed by atoms with Gasteiger partial charge in [-0.1, -0.05) is 13.8 Å². The van der Waals surface area contributed by atoms with Gasteiger partial charge in [-0.25, -0.2) is 4.98 Å². The van der Waals surface area contributed by atoms with E-state index in [-0.39, 0.29) is 0 Å². The highest BCUT2D eigenvalue weighted by molar-refractivity contribution is 9.10. The number of rotatable bonds is 4. The van der Waals surface area contributed by atoms with Crippen molar-refractivity contribution in [3.05, 3.63) is 16.7 Å². The molecule has 0 radical (unpaired) electrons. The third-order valence-corrected chi connectivity index (χ3v) is 2.33. The maximum Gasteiger partial charge on any atom is 0.149 e. The summed E-state index contributed by atoms with van der Waals surface area (Å²) >= 11 is 3.32. The molecule has 3 nitrogen and oxygen atoms in total. The van der Waals surface area contributed by atoms with E-state index in [0.717, 1.165) is 23.3 Å². The molecule has 0 unspecified atom stereocenters. The zero-order valence-corrected chi connectivity index (χ0v) is 10.1. The highest BCUT2D eigenvalue weighted by atomic mass is 79.9. The first-order valence-electron chi connectivity index (χ1n) is 4.74. The Morgan fingerprint density at radius 1 is 1.57 bits per heavy atom. The molecule has 78 valence electrons. The Kier molecular flexibility index (Phi) is 4.20. The van der Waals surface area contributed by atoms with Crippen molar-refractivity contribution >= 4 is 27.4 Å². The van der Waals surface area contributed by atoms with E-state index < -0.39 is 0 Å². The van der Waals surface area contributed by atoms with Crippen LogP contribution in [0.3, 0.4) is 0 Å². The minimum Gasteiger partial charge on any atom is -0.396 e. The van der Waals surface area contributed by atoms with Gasteiger partial charge in [0.1, 0.15) is 5.82 Å². The first-order chi connectivity index (χ1) is 6.59. The highest BCUT2D eigenvalue weighted by Crippen LogP contribution is 2.19. The molecule has 0 aliphatic rings. The van der Waals surface area contributed by atoms with Gasteiger partial charge in [0.2, 0.25) is 0 Å². The van der Waals surface area contributed by atoms with Crippen molar-refractivity contribution in [3.63, 3.8) is 0 Å². The molecule has 0 amide bonds. The van der Waals surface area contributed by atoms with E-state index in [1.165, 1.54) is 0 Å². The van der Waals surface area contributed by atoms with Gasteiger partial charge in [-0.2, -0.15) is 0 Å². The quantitative estimate of drug-likeness (QED) is 0.873. The van der Waals surface area contributed by atoms with Gasteiger partial charge in [0, 0.05) is 17.2 Å². The number of halogens is 1. The third-order valence-electron chi connectivity index (χ3n) is 1.90. The molecule has 1 heterocycles. The number of nitrogens with one attached hydrogen (secondary N) is 1. The van der Waals surface area contributed by atoms with Gasteiger partial charge in [-0.3, -0.25) is 0 Å². The summed E-state index contributed by atoms with van der Waals surface area (Å²) in [5.74, 6) is 1.47. The minimum atomic E-state index is 0.683. The van der Waals surface area contributed by atoms with Gasteiger partial charge < -0.3 is 11.1 Å². The molecule has 0 aliphatic carbocycles. The largest absolute Gasteiger partial charge is 0.396 e. The Balaban J connectivity index is 2.51. The molecule has 0 aromatic carbocycles. The van der Waals surface area contributed by atoms with Gasteiger partial charge in [-0.15, -0.1) is 0 Å². The number of nitrogen functional groups attached to an aromatic ring is 1. The van der Waals surface area contributed by atoms with Gasteiger partial charge in [0.25, 0.3) is 0 Å². The molecule has 14 heavy (non-hydrogen) atoms. The van der Waals surface area contributed by atoms with Crippen LogP contribution >= 0.6 is 15.9 Å². The zero-order valence-electron chi connectivity index (χ0n) is 8.55. The van der Waals surface area contributed by atoms with Crippen molar-refractivity contribution in [1.82, 2.24) is 4.98 Å². The SMILES string of the molecule is CC(C)CCNc1ncc(Br)cc1N. The van der Waals surface area contributed by atoms with E-state index in [0.29, 0.717) is 11.6 Å². The molecule has 3 N–H and O–H groups in total. The number of pyridine rings is 1. The Morgan fingerprint density at radius 2 is 2.29 bits per heavy atom. The molecule has 0 fully saturated rings. The first kappa shape index (κ1) is 11.3. The Labute approximate surface area is 93.2 Å². The molecule has 0 spiro atoms. The second kappa shape index (κ2) is 5.20. The monoisotopic (exact) mass is 257 g/mol. The summed E-state index contributed by atoms with van der Waals surface area (Å²) in [5.41, 5.74) is 6.47. The summed E-state index contributed by atoms with van der Waals surface area (Å²) in [6.45, 7) is 5.30. The number of hydrogen-bond acceptors (Lipinski definition) is 3. The molecule has 1 aromatic rings. The summed E-state index contributed by atoms with van der Waals surface area (Å²) in [5, 5.41) is 3.21. The lowest BCUT2D eigenvalue weighted by atomic mass is 10.1. The van der Waals surface area contributed by atoms with Crippen LogP contribution in [-0.4, -0.2) is 11.5 Å². The predicted octanol–water partition coefficient (Wildman–Crippen LogP) is 2.88. The summed E-state index contributed by atoms with van der Waals surface area (Å²) in [7, 11) is 0. The fourth-order valence-electron chi connectivity index (χ4n) is 1.08. The van der Waals surface area contributed by atoms with E-state index >= 15 is 0 Å². The van der Waals surface area contributed by atoms with Crippen LogP contribution in [0.25, 0.3) is 0 Å². The zero-order chi connectivity index (χ0) is 10.6. The second-order valence-corrected chi connectivity index (χ2v) is 4.62. The number of nitrogens with two attached hydrogens (primary N) is 1. The Morgan fingerprint density at radius 3 is 2.86 bits per heavy atom. The van der Waals surface area contributed by atoms with E-state index in [2.05, 4.69) is 40.1 Å².